The summed E-state index contributed by atoms with van der Waals surface area (Å²) in [6, 6.07) is 15.1. The number of rotatable bonds is 7. The van der Waals surface area contributed by atoms with Crippen LogP contribution in [0.2, 0.25) is 5.02 Å². The van der Waals surface area contributed by atoms with Gasteiger partial charge in [-0.2, -0.15) is 0 Å². The molecule has 3 rings (SSSR count). The zero-order chi connectivity index (χ0) is 20.1. The molecule has 0 aliphatic rings. The number of halogens is 2. The molecule has 0 fully saturated rings. The van der Waals surface area contributed by atoms with Crippen molar-refractivity contribution in [3.05, 3.63) is 70.8 Å². The maximum atomic E-state index is 12.8. The van der Waals surface area contributed by atoms with Gasteiger partial charge in [0.2, 0.25) is 5.82 Å². The molecule has 0 unspecified atom stereocenters. The van der Waals surface area contributed by atoms with Crippen molar-refractivity contribution in [1.82, 2.24) is 20.1 Å². The number of carbonyl (C=O) groups excluding carboxylic acids is 1. The standard InChI is InChI=1S/C21H24ClN5O.ClH/c1-4-23-13-15-9-5-7-11-17(15)24-21(28)19-25-20(14(2)3)27(26-19)18-12-8-6-10-16(18)22;/h5-12,14,23H,4,13H2,1-3H3,(H,24,28);1H. The van der Waals surface area contributed by atoms with E-state index < -0.39 is 0 Å². The van der Waals surface area contributed by atoms with Crippen LogP contribution >= 0.6 is 24.0 Å². The summed E-state index contributed by atoms with van der Waals surface area (Å²) in [5.74, 6) is 0.518. The lowest BCUT2D eigenvalue weighted by Gasteiger charge is -2.10. The minimum atomic E-state index is -0.350. The van der Waals surface area contributed by atoms with E-state index in [2.05, 4.69) is 20.7 Å². The van der Waals surface area contributed by atoms with Gasteiger partial charge < -0.3 is 10.6 Å². The van der Waals surface area contributed by atoms with Crippen LogP contribution < -0.4 is 10.6 Å². The second-order valence-electron chi connectivity index (χ2n) is 6.70. The molecular formula is C21H25Cl2N5O. The van der Waals surface area contributed by atoms with E-state index in [1.807, 2.05) is 63.2 Å². The molecule has 8 heteroatoms. The van der Waals surface area contributed by atoms with Gasteiger partial charge in [0.05, 0.1) is 10.7 Å². The molecule has 1 amide bonds. The Kier molecular flexibility index (Phi) is 8.20. The lowest BCUT2D eigenvalue weighted by molar-refractivity contribution is 0.101. The molecule has 0 spiro atoms. The Hall–Kier alpha value is -2.41. The van der Waals surface area contributed by atoms with Gasteiger partial charge in [0.25, 0.3) is 5.91 Å². The van der Waals surface area contributed by atoms with Crippen LogP contribution in [0.3, 0.4) is 0 Å². The van der Waals surface area contributed by atoms with Gasteiger partial charge in [-0.1, -0.05) is 62.7 Å². The molecule has 29 heavy (non-hydrogen) atoms. The Labute approximate surface area is 182 Å². The third-order valence-corrected chi connectivity index (χ3v) is 4.58. The van der Waals surface area contributed by atoms with Crippen LogP contribution in [0.15, 0.2) is 48.5 Å². The molecular weight excluding hydrogens is 409 g/mol. The highest BCUT2D eigenvalue weighted by Gasteiger charge is 2.21. The molecule has 0 atom stereocenters. The lowest BCUT2D eigenvalue weighted by atomic mass is 10.1. The largest absolute Gasteiger partial charge is 0.319 e. The lowest BCUT2D eigenvalue weighted by Crippen LogP contribution is -2.18. The first kappa shape index (κ1) is 22.9. The number of hydrogen-bond acceptors (Lipinski definition) is 4. The van der Waals surface area contributed by atoms with Crippen LogP contribution in [-0.4, -0.2) is 27.2 Å². The van der Waals surface area contributed by atoms with Crippen molar-refractivity contribution in [2.45, 2.75) is 33.2 Å². The highest BCUT2D eigenvalue weighted by atomic mass is 35.5. The fourth-order valence-electron chi connectivity index (χ4n) is 2.83. The zero-order valence-corrected chi connectivity index (χ0v) is 18.2. The number of anilines is 1. The molecule has 2 N–H and O–H groups in total. The first-order chi connectivity index (χ1) is 13.5. The zero-order valence-electron chi connectivity index (χ0n) is 16.6. The van der Waals surface area contributed by atoms with Crippen LogP contribution in [0.4, 0.5) is 5.69 Å². The third kappa shape index (κ3) is 5.35. The Balaban J connectivity index is 0.00000300. The van der Waals surface area contributed by atoms with E-state index in [1.54, 1.807) is 10.7 Å². The predicted octanol–water partition coefficient (Wildman–Crippen LogP) is 4.83. The number of nitrogens with zero attached hydrogens (tertiary/aromatic N) is 3. The van der Waals surface area contributed by atoms with E-state index in [0.717, 1.165) is 17.8 Å². The third-order valence-electron chi connectivity index (χ3n) is 4.26. The monoisotopic (exact) mass is 433 g/mol. The summed E-state index contributed by atoms with van der Waals surface area (Å²) in [7, 11) is 0. The average Bonchev–Trinajstić information content (AvgIpc) is 3.13. The molecule has 2 aromatic carbocycles. The van der Waals surface area contributed by atoms with Gasteiger partial charge in [0, 0.05) is 18.2 Å². The summed E-state index contributed by atoms with van der Waals surface area (Å²) in [6.07, 6.45) is 0. The summed E-state index contributed by atoms with van der Waals surface area (Å²) in [5.41, 5.74) is 2.45. The Bertz CT molecular complexity index is 971. The number of amides is 1. The molecule has 0 saturated carbocycles. The van der Waals surface area contributed by atoms with E-state index in [4.69, 9.17) is 11.6 Å². The van der Waals surface area contributed by atoms with E-state index in [-0.39, 0.29) is 30.1 Å². The van der Waals surface area contributed by atoms with Crippen LogP contribution in [0.5, 0.6) is 0 Å². The number of hydrogen-bond donors (Lipinski definition) is 2. The van der Waals surface area contributed by atoms with E-state index >= 15 is 0 Å². The first-order valence-corrected chi connectivity index (χ1v) is 9.70. The smallest absolute Gasteiger partial charge is 0.295 e. The quantitative estimate of drug-likeness (QED) is 0.559. The van der Waals surface area contributed by atoms with Crippen molar-refractivity contribution in [3.63, 3.8) is 0 Å². The summed E-state index contributed by atoms with van der Waals surface area (Å²) < 4.78 is 1.65. The van der Waals surface area contributed by atoms with E-state index in [1.165, 1.54) is 0 Å². The molecule has 0 saturated heterocycles. The topological polar surface area (TPSA) is 71.8 Å². The average molecular weight is 434 g/mol. The molecule has 154 valence electrons. The molecule has 0 bridgehead atoms. The van der Waals surface area contributed by atoms with E-state index in [9.17, 15) is 4.79 Å². The predicted molar refractivity (Wildman–Crippen MR) is 119 cm³/mol. The number of carbonyl (C=O) groups is 1. The molecule has 3 aromatic rings. The van der Waals surface area contributed by atoms with Gasteiger partial charge in [0.15, 0.2) is 0 Å². The fraction of sp³-hybridized carbons (Fsp3) is 0.286. The van der Waals surface area contributed by atoms with Crippen LogP contribution in [0.1, 0.15) is 48.7 Å². The minimum Gasteiger partial charge on any atom is -0.319 e. The molecule has 0 radical (unpaired) electrons. The summed E-state index contributed by atoms with van der Waals surface area (Å²) in [5, 5.41) is 11.2. The summed E-state index contributed by atoms with van der Waals surface area (Å²) in [6.45, 7) is 7.57. The first-order valence-electron chi connectivity index (χ1n) is 9.33. The fourth-order valence-corrected chi connectivity index (χ4v) is 3.04. The van der Waals surface area contributed by atoms with Crippen molar-refractivity contribution in [2.75, 3.05) is 11.9 Å². The van der Waals surface area contributed by atoms with Crippen molar-refractivity contribution < 1.29 is 4.79 Å². The molecule has 0 aliphatic carbocycles. The number of nitrogens with one attached hydrogen (secondary N) is 2. The Morgan fingerprint density at radius 1 is 1.14 bits per heavy atom. The van der Waals surface area contributed by atoms with E-state index in [0.29, 0.717) is 23.1 Å². The molecule has 6 nitrogen and oxygen atoms in total. The number of aromatic nitrogens is 3. The highest BCUT2D eigenvalue weighted by Crippen LogP contribution is 2.24. The van der Waals surface area contributed by atoms with Gasteiger partial charge >= 0.3 is 0 Å². The van der Waals surface area contributed by atoms with Crippen molar-refractivity contribution in [2.24, 2.45) is 0 Å². The van der Waals surface area contributed by atoms with Crippen LogP contribution in [0, 0.1) is 0 Å². The Morgan fingerprint density at radius 2 is 1.83 bits per heavy atom. The highest BCUT2D eigenvalue weighted by molar-refractivity contribution is 6.32. The number of para-hydroxylation sites is 2. The summed E-state index contributed by atoms with van der Waals surface area (Å²) >= 11 is 6.33. The summed E-state index contributed by atoms with van der Waals surface area (Å²) in [4.78, 5) is 17.3. The van der Waals surface area contributed by atoms with Crippen molar-refractivity contribution in [3.8, 4) is 5.69 Å². The molecule has 1 heterocycles. The van der Waals surface area contributed by atoms with Gasteiger partial charge in [-0.3, -0.25) is 4.79 Å². The molecule has 1 aromatic heterocycles. The van der Waals surface area contributed by atoms with Gasteiger partial charge in [-0.05, 0) is 30.3 Å². The maximum Gasteiger partial charge on any atom is 0.295 e. The van der Waals surface area contributed by atoms with Gasteiger partial charge in [-0.15, -0.1) is 17.5 Å². The van der Waals surface area contributed by atoms with Crippen LogP contribution in [0.25, 0.3) is 5.69 Å². The Morgan fingerprint density at radius 3 is 2.52 bits per heavy atom. The minimum absolute atomic E-state index is 0. The molecule has 0 aliphatic heterocycles. The second-order valence-corrected chi connectivity index (χ2v) is 7.11. The SMILES string of the molecule is CCNCc1ccccc1NC(=O)c1nc(C(C)C)n(-c2ccccc2Cl)n1.Cl. The van der Waals surface area contributed by atoms with Gasteiger partial charge in [-0.25, -0.2) is 9.67 Å². The van der Waals surface area contributed by atoms with Crippen LogP contribution in [-0.2, 0) is 6.54 Å². The van der Waals surface area contributed by atoms with Crippen molar-refractivity contribution >= 4 is 35.6 Å². The van der Waals surface area contributed by atoms with Gasteiger partial charge in [0.1, 0.15) is 5.82 Å². The second kappa shape index (κ2) is 10.4. The normalized spacial score (nSPS) is 10.7. The van der Waals surface area contributed by atoms with Crippen molar-refractivity contribution in [1.29, 1.82) is 0 Å². The number of benzene rings is 2. The maximum absolute atomic E-state index is 12.8.